The van der Waals surface area contributed by atoms with E-state index in [1.165, 1.54) is 16.0 Å². The molecule has 1 fully saturated rings. The fourth-order valence-electron chi connectivity index (χ4n) is 4.44. The maximum absolute atomic E-state index is 10.6. The van der Waals surface area contributed by atoms with Gasteiger partial charge in [0.15, 0.2) is 0 Å². The molecule has 0 aliphatic carbocycles. The van der Waals surface area contributed by atoms with Crippen LogP contribution in [-0.4, -0.2) is 37.8 Å². The van der Waals surface area contributed by atoms with Crippen LogP contribution < -0.4 is 9.80 Å². The molecule has 0 aromatic heterocycles. The Morgan fingerprint density at radius 3 is 1.50 bits per heavy atom. The molecule has 1 aliphatic heterocycles. The van der Waals surface area contributed by atoms with Gasteiger partial charge in [0, 0.05) is 11.1 Å². The summed E-state index contributed by atoms with van der Waals surface area (Å²) in [7, 11) is 0. The quantitative estimate of drug-likeness (QED) is 0.596. The smallest absolute Gasteiger partial charge is 0.139 e. The second kappa shape index (κ2) is 9.16. The Labute approximate surface area is 167 Å². The zero-order chi connectivity index (χ0) is 19.2. The molecule has 4 rings (SSSR count). The van der Waals surface area contributed by atoms with Gasteiger partial charge in [0.2, 0.25) is 0 Å². The van der Waals surface area contributed by atoms with Gasteiger partial charge in [0.25, 0.3) is 0 Å². The van der Waals surface area contributed by atoms with E-state index < -0.39 is 0 Å². The molecule has 0 bridgehead atoms. The SMILES string of the molecule is O[C@@H](C[NH+]1CC[NH+](C(c2ccccc2)c2ccccc2)CC1)c1ccccc1. The van der Waals surface area contributed by atoms with E-state index >= 15 is 0 Å². The molecule has 1 atom stereocenters. The van der Waals surface area contributed by atoms with Crippen molar-refractivity contribution < 1.29 is 14.9 Å². The molecule has 3 heteroatoms. The minimum absolute atomic E-state index is 0.378. The summed E-state index contributed by atoms with van der Waals surface area (Å²) >= 11 is 0. The summed E-state index contributed by atoms with van der Waals surface area (Å²) in [6.45, 7) is 5.21. The lowest BCUT2D eigenvalue weighted by Crippen LogP contribution is -3.28. The van der Waals surface area contributed by atoms with Gasteiger partial charge in [-0.1, -0.05) is 91.0 Å². The summed E-state index contributed by atoms with van der Waals surface area (Å²) < 4.78 is 0. The molecule has 0 amide bonds. The monoisotopic (exact) mass is 374 g/mol. The number of hydrogen-bond acceptors (Lipinski definition) is 1. The van der Waals surface area contributed by atoms with Crippen molar-refractivity contribution in [3.63, 3.8) is 0 Å². The van der Waals surface area contributed by atoms with Gasteiger partial charge in [-0.3, -0.25) is 0 Å². The summed E-state index contributed by atoms with van der Waals surface area (Å²) in [6, 6.07) is 32.2. The molecule has 3 N–H and O–H groups in total. The van der Waals surface area contributed by atoms with Crippen molar-refractivity contribution in [3.8, 4) is 0 Å². The largest absolute Gasteiger partial charge is 0.382 e. The van der Waals surface area contributed by atoms with Crippen LogP contribution in [0.15, 0.2) is 91.0 Å². The van der Waals surface area contributed by atoms with Crippen LogP contribution in [0.2, 0.25) is 0 Å². The van der Waals surface area contributed by atoms with Crippen LogP contribution >= 0.6 is 0 Å². The van der Waals surface area contributed by atoms with Crippen molar-refractivity contribution in [2.45, 2.75) is 12.1 Å². The van der Waals surface area contributed by atoms with E-state index in [0.29, 0.717) is 6.04 Å². The van der Waals surface area contributed by atoms with Gasteiger partial charge >= 0.3 is 0 Å². The van der Waals surface area contributed by atoms with Gasteiger partial charge < -0.3 is 14.9 Å². The molecule has 1 aliphatic rings. The van der Waals surface area contributed by atoms with Crippen LogP contribution in [0.5, 0.6) is 0 Å². The Bertz CT molecular complexity index is 791. The lowest BCUT2D eigenvalue weighted by Gasteiger charge is -2.35. The normalized spacial score (nSPS) is 20.8. The van der Waals surface area contributed by atoms with Gasteiger partial charge in [-0.2, -0.15) is 0 Å². The summed E-state index contributed by atoms with van der Waals surface area (Å²) in [5.41, 5.74) is 3.80. The van der Waals surface area contributed by atoms with Crippen molar-refractivity contribution in [1.82, 2.24) is 0 Å². The predicted molar refractivity (Wildman–Crippen MR) is 112 cm³/mol. The van der Waals surface area contributed by atoms with E-state index in [1.807, 2.05) is 30.3 Å². The second-order valence-corrected chi connectivity index (χ2v) is 7.79. The number of rotatable bonds is 6. The number of aliphatic hydroxyl groups is 1. The van der Waals surface area contributed by atoms with E-state index in [4.69, 9.17) is 0 Å². The third-order valence-electron chi connectivity index (χ3n) is 5.94. The molecule has 1 heterocycles. The Morgan fingerprint density at radius 2 is 1.04 bits per heavy atom. The van der Waals surface area contributed by atoms with Crippen LogP contribution in [0, 0.1) is 0 Å². The van der Waals surface area contributed by atoms with Gasteiger partial charge in [-0.25, -0.2) is 0 Å². The van der Waals surface area contributed by atoms with Crippen molar-refractivity contribution in [1.29, 1.82) is 0 Å². The molecule has 3 nitrogen and oxygen atoms in total. The molecule has 0 saturated carbocycles. The zero-order valence-electron chi connectivity index (χ0n) is 16.3. The number of nitrogens with one attached hydrogen (secondary N) is 2. The Kier molecular flexibility index (Phi) is 6.17. The zero-order valence-corrected chi connectivity index (χ0v) is 16.3. The minimum atomic E-state index is -0.378. The number of aliphatic hydroxyl groups excluding tert-OH is 1. The summed E-state index contributed by atoms with van der Waals surface area (Å²) in [4.78, 5) is 3.12. The van der Waals surface area contributed by atoms with Gasteiger partial charge in [-0.15, -0.1) is 0 Å². The molecule has 0 spiro atoms. The molecular formula is C25H30N2O+2. The number of benzene rings is 3. The first-order valence-corrected chi connectivity index (χ1v) is 10.3. The van der Waals surface area contributed by atoms with Crippen molar-refractivity contribution in [2.75, 3.05) is 32.7 Å². The van der Waals surface area contributed by atoms with E-state index in [0.717, 1.165) is 38.3 Å². The van der Waals surface area contributed by atoms with E-state index in [9.17, 15) is 5.11 Å². The first-order valence-electron chi connectivity index (χ1n) is 10.3. The fourth-order valence-corrected chi connectivity index (χ4v) is 4.44. The van der Waals surface area contributed by atoms with E-state index in [2.05, 4.69) is 60.7 Å². The standard InChI is InChI=1S/C25H28N2O/c28-24(21-10-4-1-5-11-21)20-26-16-18-27(19-17-26)25(22-12-6-2-7-13-22)23-14-8-3-9-15-23/h1-15,24-25,28H,16-20H2/p+2/t24-/m0/s1. The van der Waals surface area contributed by atoms with Crippen LogP contribution in [0.3, 0.4) is 0 Å². The first kappa shape index (κ1) is 18.9. The molecule has 0 radical (unpaired) electrons. The topological polar surface area (TPSA) is 29.1 Å². The highest BCUT2D eigenvalue weighted by Crippen LogP contribution is 2.18. The summed E-state index contributed by atoms with van der Waals surface area (Å²) in [5, 5.41) is 10.6. The number of piperazine rings is 1. The highest BCUT2D eigenvalue weighted by molar-refractivity contribution is 5.29. The second-order valence-electron chi connectivity index (χ2n) is 7.79. The lowest BCUT2D eigenvalue weighted by atomic mass is 9.96. The van der Waals surface area contributed by atoms with Crippen LogP contribution in [0.25, 0.3) is 0 Å². The first-order chi connectivity index (χ1) is 13.8. The van der Waals surface area contributed by atoms with E-state index in [-0.39, 0.29) is 6.10 Å². The predicted octanol–water partition coefficient (Wildman–Crippen LogP) is 1.29. The van der Waals surface area contributed by atoms with Gasteiger partial charge in [0.1, 0.15) is 44.9 Å². The average molecular weight is 375 g/mol. The minimum Gasteiger partial charge on any atom is -0.382 e. The third-order valence-corrected chi connectivity index (χ3v) is 5.94. The maximum Gasteiger partial charge on any atom is 0.139 e. The highest BCUT2D eigenvalue weighted by Gasteiger charge is 2.32. The average Bonchev–Trinajstić information content (AvgIpc) is 2.77. The Hall–Kier alpha value is -2.46. The van der Waals surface area contributed by atoms with Gasteiger partial charge in [-0.05, 0) is 5.56 Å². The highest BCUT2D eigenvalue weighted by atomic mass is 16.3. The van der Waals surface area contributed by atoms with Crippen molar-refractivity contribution in [2.24, 2.45) is 0 Å². The van der Waals surface area contributed by atoms with Crippen LogP contribution in [-0.2, 0) is 0 Å². The molecule has 1 saturated heterocycles. The van der Waals surface area contributed by atoms with E-state index in [1.54, 1.807) is 4.90 Å². The molecule has 28 heavy (non-hydrogen) atoms. The molecular weight excluding hydrogens is 344 g/mol. The molecule has 3 aromatic rings. The lowest BCUT2D eigenvalue weighted by molar-refractivity contribution is -1.03. The van der Waals surface area contributed by atoms with Gasteiger partial charge in [0.05, 0.1) is 0 Å². The molecule has 3 aromatic carbocycles. The van der Waals surface area contributed by atoms with Crippen molar-refractivity contribution in [3.05, 3.63) is 108 Å². The number of quaternary nitrogens is 2. The Morgan fingerprint density at radius 1 is 0.607 bits per heavy atom. The van der Waals surface area contributed by atoms with Crippen LogP contribution in [0.1, 0.15) is 28.8 Å². The Balaban J connectivity index is 1.43. The third kappa shape index (κ3) is 4.50. The number of hydrogen-bond donors (Lipinski definition) is 3. The van der Waals surface area contributed by atoms with Crippen molar-refractivity contribution >= 4 is 0 Å². The summed E-state index contributed by atoms with van der Waals surface area (Å²) in [6.07, 6.45) is -0.378. The molecule has 0 unspecified atom stereocenters. The maximum atomic E-state index is 10.6. The molecule has 144 valence electrons. The summed E-state index contributed by atoms with van der Waals surface area (Å²) in [5.74, 6) is 0. The van der Waals surface area contributed by atoms with Crippen LogP contribution in [0.4, 0.5) is 0 Å². The fraction of sp³-hybridized carbons (Fsp3) is 0.280.